The van der Waals surface area contributed by atoms with Crippen molar-refractivity contribution in [2.24, 2.45) is 11.5 Å². The number of amides is 2. The number of hydrogen-bond donors (Lipinski definition) is 2. The Balaban J connectivity index is 0. The zero-order chi connectivity index (χ0) is 26.2. The van der Waals surface area contributed by atoms with E-state index in [9.17, 15) is 9.59 Å². The molecule has 0 aromatic heterocycles. The predicted octanol–water partition coefficient (Wildman–Crippen LogP) is 8.63. The van der Waals surface area contributed by atoms with Crippen LogP contribution in [0, 0.1) is 11.3 Å². The monoisotopic (exact) mass is 493 g/mol. The van der Waals surface area contributed by atoms with Gasteiger partial charge in [0.05, 0.1) is 6.07 Å². The number of primary amides is 2. The van der Waals surface area contributed by atoms with Crippen molar-refractivity contribution < 1.29 is 9.59 Å². The molecule has 0 aliphatic carbocycles. The molecule has 0 saturated carbocycles. The molecule has 0 radical (unpaired) electrons. The Morgan fingerprint density at radius 2 is 0.743 bits per heavy atom. The molecule has 0 spiro atoms. The van der Waals surface area contributed by atoms with E-state index < -0.39 is 5.91 Å². The summed E-state index contributed by atoms with van der Waals surface area (Å²) in [5.74, 6) is -0.721. The van der Waals surface area contributed by atoms with Crippen molar-refractivity contribution in [1.82, 2.24) is 0 Å². The van der Waals surface area contributed by atoms with Gasteiger partial charge in [-0.2, -0.15) is 5.26 Å². The van der Waals surface area contributed by atoms with E-state index in [0.717, 1.165) is 6.42 Å². The summed E-state index contributed by atoms with van der Waals surface area (Å²) in [5.41, 5.74) is 9.69. The summed E-state index contributed by atoms with van der Waals surface area (Å²) in [5, 5.41) is 7.69. The van der Waals surface area contributed by atoms with Crippen molar-refractivity contribution in [3.8, 4) is 6.07 Å². The van der Waals surface area contributed by atoms with Gasteiger partial charge in [0, 0.05) is 6.42 Å². The highest BCUT2D eigenvalue weighted by Gasteiger charge is 1.97. The molecule has 0 unspecified atom stereocenters. The normalized spacial score (nSPS) is 10.4. The summed E-state index contributed by atoms with van der Waals surface area (Å²) >= 11 is 0. The van der Waals surface area contributed by atoms with Crippen LogP contribution in [0.2, 0.25) is 0 Å². The van der Waals surface area contributed by atoms with Crippen molar-refractivity contribution in [3.05, 3.63) is 0 Å². The van der Waals surface area contributed by atoms with Crippen LogP contribution >= 0.6 is 0 Å². The first-order valence-electron chi connectivity index (χ1n) is 15.0. The highest BCUT2D eigenvalue weighted by atomic mass is 16.1. The minimum Gasteiger partial charge on any atom is -0.370 e. The van der Waals surface area contributed by atoms with Crippen LogP contribution in [0.15, 0.2) is 0 Å². The molecule has 0 atom stereocenters. The Hall–Kier alpha value is -1.57. The molecule has 206 valence electrons. The molecule has 0 bridgehead atoms. The number of rotatable bonds is 26. The lowest BCUT2D eigenvalue weighted by molar-refractivity contribution is -0.118. The molecule has 35 heavy (non-hydrogen) atoms. The first kappa shape index (κ1) is 35.6. The first-order valence-corrected chi connectivity index (χ1v) is 15.0. The summed E-state index contributed by atoms with van der Waals surface area (Å²) in [7, 11) is 0. The van der Waals surface area contributed by atoms with Gasteiger partial charge >= 0.3 is 0 Å². The van der Waals surface area contributed by atoms with Crippen LogP contribution in [0.25, 0.3) is 0 Å². The van der Waals surface area contributed by atoms with Gasteiger partial charge in [0.25, 0.3) is 0 Å². The number of nitrogens with two attached hydrogens (primary N) is 2. The predicted molar refractivity (Wildman–Crippen MR) is 150 cm³/mol. The van der Waals surface area contributed by atoms with Crippen LogP contribution in [0.4, 0.5) is 0 Å². The summed E-state index contributed by atoms with van der Waals surface area (Å²) in [4.78, 5) is 20.2. The van der Waals surface area contributed by atoms with Crippen molar-refractivity contribution in [2.75, 3.05) is 0 Å². The average molecular weight is 494 g/mol. The molecule has 5 heteroatoms. The van der Waals surface area contributed by atoms with E-state index in [2.05, 4.69) is 12.7 Å². The SMILES string of the molecule is CCCCCCCCCCCCCCCCCCCCCCCCCCC(N)=O.N#CCC(N)=O. The van der Waals surface area contributed by atoms with E-state index in [1.165, 1.54) is 148 Å². The first-order chi connectivity index (χ1) is 17.0. The van der Waals surface area contributed by atoms with Gasteiger partial charge in [0.1, 0.15) is 6.42 Å². The van der Waals surface area contributed by atoms with Gasteiger partial charge in [-0.1, -0.05) is 155 Å². The molecular formula is C30H59N3O2. The fourth-order valence-corrected chi connectivity index (χ4v) is 4.34. The summed E-state index contributed by atoms with van der Waals surface area (Å²) in [6, 6.07) is 1.59. The Bertz CT molecular complexity index is 488. The topological polar surface area (TPSA) is 110 Å². The van der Waals surface area contributed by atoms with E-state index in [-0.39, 0.29) is 12.3 Å². The summed E-state index contributed by atoms with van der Waals surface area (Å²) < 4.78 is 0. The van der Waals surface area contributed by atoms with Gasteiger partial charge in [-0.15, -0.1) is 0 Å². The van der Waals surface area contributed by atoms with Gasteiger partial charge in [-0.25, -0.2) is 0 Å². The van der Waals surface area contributed by atoms with Crippen molar-refractivity contribution in [3.63, 3.8) is 0 Å². The number of carbonyl (C=O) groups is 2. The molecular weight excluding hydrogens is 434 g/mol. The maximum atomic E-state index is 10.6. The van der Waals surface area contributed by atoms with Crippen LogP contribution < -0.4 is 11.5 Å². The standard InChI is InChI=1S/C27H55NO.C3H4N2O/c1-2-3-4-5-6-7-8-9-10-11-12-13-14-15-16-17-18-19-20-21-22-23-24-25-26-27(28)29;4-2-1-3(5)6/h2-26H2,1H3,(H2,28,29);1H2,(H2,5,6). The Morgan fingerprint density at radius 1 is 0.486 bits per heavy atom. The maximum absolute atomic E-state index is 10.6. The number of hydrogen-bond acceptors (Lipinski definition) is 3. The Morgan fingerprint density at radius 3 is 0.914 bits per heavy atom. The molecule has 2 amide bonds. The van der Waals surface area contributed by atoms with Crippen LogP contribution in [0.5, 0.6) is 0 Å². The van der Waals surface area contributed by atoms with Gasteiger partial charge in [-0.3, -0.25) is 9.59 Å². The second-order valence-electron chi connectivity index (χ2n) is 10.1. The van der Waals surface area contributed by atoms with Crippen LogP contribution in [0.1, 0.15) is 174 Å². The van der Waals surface area contributed by atoms with Gasteiger partial charge in [-0.05, 0) is 6.42 Å². The molecule has 0 aliphatic heterocycles. The zero-order valence-electron chi connectivity index (χ0n) is 23.3. The molecule has 4 N–H and O–H groups in total. The molecule has 0 fully saturated rings. The van der Waals surface area contributed by atoms with E-state index in [1.54, 1.807) is 6.07 Å². The Kier molecular flexibility index (Phi) is 33.0. The quantitative estimate of drug-likeness (QED) is 0.118. The largest absolute Gasteiger partial charge is 0.370 e. The lowest BCUT2D eigenvalue weighted by Crippen LogP contribution is -2.09. The van der Waals surface area contributed by atoms with E-state index in [0.29, 0.717) is 6.42 Å². The van der Waals surface area contributed by atoms with Crippen LogP contribution in [0.3, 0.4) is 0 Å². The third kappa shape index (κ3) is 39.9. The number of carbonyl (C=O) groups excluding carboxylic acids is 2. The molecule has 0 rings (SSSR count). The number of nitrogens with zero attached hydrogens (tertiary/aromatic N) is 1. The Labute approximate surface area is 218 Å². The molecule has 0 aliphatic rings. The summed E-state index contributed by atoms with van der Waals surface area (Å²) in [6.45, 7) is 2.30. The second-order valence-corrected chi connectivity index (χ2v) is 10.1. The molecule has 0 saturated heterocycles. The minimum absolute atomic E-state index is 0.149. The fraction of sp³-hybridized carbons (Fsp3) is 0.900. The average Bonchev–Trinajstić information content (AvgIpc) is 2.82. The lowest BCUT2D eigenvalue weighted by Gasteiger charge is -2.04. The van der Waals surface area contributed by atoms with E-state index in [4.69, 9.17) is 11.0 Å². The number of nitriles is 1. The highest BCUT2D eigenvalue weighted by molar-refractivity contribution is 5.75. The van der Waals surface area contributed by atoms with E-state index >= 15 is 0 Å². The van der Waals surface area contributed by atoms with Crippen LogP contribution in [-0.4, -0.2) is 11.8 Å². The highest BCUT2D eigenvalue weighted by Crippen LogP contribution is 2.15. The second kappa shape index (κ2) is 32.4. The van der Waals surface area contributed by atoms with Gasteiger partial charge in [0.2, 0.25) is 11.8 Å². The third-order valence-corrected chi connectivity index (χ3v) is 6.53. The minimum atomic E-state index is -0.572. The van der Waals surface area contributed by atoms with Crippen LogP contribution in [-0.2, 0) is 9.59 Å². The third-order valence-electron chi connectivity index (χ3n) is 6.53. The fourth-order valence-electron chi connectivity index (χ4n) is 4.34. The van der Waals surface area contributed by atoms with Crippen molar-refractivity contribution in [2.45, 2.75) is 174 Å². The van der Waals surface area contributed by atoms with Crippen molar-refractivity contribution in [1.29, 1.82) is 5.26 Å². The molecule has 0 aromatic rings. The smallest absolute Gasteiger partial charge is 0.231 e. The zero-order valence-corrected chi connectivity index (χ0v) is 23.3. The van der Waals surface area contributed by atoms with Gasteiger partial charge in [0.15, 0.2) is 0 Å². The van der Waals surface area contributed by atoms with Gasteiger partial charge < -0.3 is 11.5 Å². The van der Waals surface area contributed by atoms with E-state index in [1.807, 2.05) is 0 Å². The molecule has 0 aromatic carbocycles. The lowest BCUT2D eigenvalue weighted by atomic mass is 10.0. The van der Waals surface area contributed by atoms with Crippen molar-refractivity contribution >= 4 is 11.8 Å². The maximum Gasteiger partial charge on any atom is 0.231 e. The summed E-state index contributed by atoms with van der Waals surface area (Å²) in [6.07, 6.45) is 34.0. The molecule has 0 heterocycles. The molecule has 5 nitrogen and oxygen atoms in total. The number of unbranched alkanes of at least 4 members (excludes halogenated alkanes) is 23.